The van der Waals surface area contributed by atoms with Crippen LogP contribution in [0.25, 0.3) is 0 Å². The van der Waals surface area contributed by atoms with Gasteiger partial charge in [-0.1, -0.05) is 6.92 Å². The molecule has 2 atom stereocenters. The Labute approximate surface area is 134 Å². The smallest absolute Gasteiger partial charge is 0.255 e. The number of carbonyl (C=O) groups excluding carboxylic acids is 1. The monoisotopic (exact) mass is 416 g/mol. The van der Waals surface area contributed by atoms with E-state index in [-0.39, 0.29) is 24.4 Å². The predicted molar refractivity (Wildman–Crippen MR) is 84.6 cm³/mol. The number of hydrogen-bond acceptors (Lipinski definition) is 3. The largest absolute Gasteiger partial charge is 0.338 e. The van der Waals surface area contributed by atoms with Crippen LogP contribution in [-0.4, -0.2) is 29.9 Å². The van der Waals surface area contributed by atoms with Crippen molar-refractivity contribution < 1.29 is 4.79 Å². The van der Waals surface area contributed by atoms with Gasteiger partial charge in [-0.25, -0.2) is 0 Å². The molecule has 7 heteroatoms. The van der Waals surface area contributed by atoms with Crippen LogP contribution in [0.4, 0.5) is 0 Å². The summed E-state index contributed by atoms with van der Waals surface area (Å²) in [4.78, 5) is 14.2. The van der Waals surface area contributed by atoms with Gasteiger partial charge in [0.2, 0.25) is 0 Å². The third-order valence-corrected chi connectivity index (χ3v) is 5.49. The molecule has 1 amide bonds. The van der Waals surface area contributed by atoms with Gasteiger partial charge >= 0.3 is 0 Å². The Morgan fingerprint density at radius 2 is 2.22 bits per heavy atom. The lowest BCUT2D eigenvalue weighted by molar-refractivity contribution is 0.0664. The lowest BCUT2D eigenvalue weighted by Gasteiger charge is -2.35. The predicted octanol–water partition coefficient (Wildman–Crippen LogP) is 3.50. The third-order valence-electron chi connectivity index (χ3n) is 3.15. The fraction of sp³-hybridized carbons (Fsp3) is 0.545. The van der Waals surface area contributed by atoms with E-state index in [2.05, 4.69) is 38.8 Å². The molecule has 2 heterocycles. The van der Waals surface area contributed by atoms with Crippen LogP contribution < -0.4 is 5.73 Å². The highest BCUT2D eigenvalue weighted by atomic mass is 79.9. The van der Waals surface area contributed by atoms with Crippen molar-refractivity contribution in [2.24, 2.45) is 11.7 Å². The molecule has 0 spiro atoms. The number of halogens is 3. The van der Waals surface area contributed by atoms with Gasteiger partial charge in [0, 0.05) is 19.1 Å². The number of piperidine rings is 1. The Morgan fingerprint density at radius 1 is 1.56 bits per heavy atom. The first-order valence-electron chi connectivity index (χ1n) is 5.48. The lowest BCUT2D eigenvalue weighted by Crippen LogP contribution is -2.48. The topological polar surface area (TPSA) is 46.3 Å². The molecule has 0 radical (unpaired) electrons. The summed E-state index contributed by atoms with van der Waals surface area (Å²) in [5.74, 6) is 0.464. The van der Waals surface area contributed by atoms with E-state index in [0.29, 0.717) is 5.92 Å². The van der Waals surface area contributed by atoms with Crippen molar-refractivity contribution in [3.05, 3.63) is 19.2 Å². The molecule has 1 aliphatic rings. The zero-order valence-electron chi connectivity index (χ0n) is 9.86. The second-order valence-corrected chi connectivity index (χ2v) is 8.17. The van der Waals surface area contributed by atoms with Gasteiger partial charge in [-0.2, -0.15) is 0 Å². The molecule has 1 aromatic heterocycles. The van der Waals surface area contributed by atoms with Crippen LogP contribution in [0.5, 0.6) is 0 Å². The van der Waals surface area contributed by atoms with Crippen molar-refractivity contribution in [2.45, 2.75) is 19.4 Å². The first-order chi connectivity index (χ1) is 7.99. The van der Waals surface area contributed by atoms with Gasteiger partial charge in [-0.15, -0.1) is 23.7 Å². The average molecular weight is 419 g/mol. The van der Waals surface area contributed by atoms with Crippen LogP contribution in [0, 0.1) is 5.92 Å². The molecule has 1 aliphatic heterocycles. The number of likely N-dealkylation sites (tertiary alicyclic amines) is 1. The molecular formula is C11H15Br2ClN2OS. The summed E-state index contributed by atoms with van der Waals surface area (Å²) in [5.41, 5.74) is 6.70. The van der Waals surface area contributed by atoms with Crippen LogP contribution in [-0.2, 0) is 0 Å². The second-order valence-electron chi connectivity index (χ2n) is 4.42. The molecular weight excluding hydrogens is 403 g/mol. The molecule has 2 unspecified atom stereocenters. The maximum Gasteiger partial charge on any atom is 0.255 e. The van der Waals surface area contributed by atoms with Crippen LogP contribution in [0.1, 0.15) is 23.7 Å². The van der Waals surface area contributed by atoms with Crippen molar-refractivity contribution in [1.29, 1.82) is 0 Å². The van der Waals surface area contributed by atoms with Crippen molar-refractivity contribution in [3.8, 4) is 0 Å². The number of nitrogens with two attached hydrogens (primary N) is 1. The van der Waals surface area contributed by atoms with Gasteiger partial charge in [-0.3, -0.25) is 4.79 Å². The van der Waals surface area contributed by atoms with Gasteiger partial charge in [0.1, 0.15) is 0 Å². The quantitative estimate of drug-likeness (QED) is 0.759. The molecule has 3 nitrogen and oxygen atoms in total. The summed E-state index contributed by atoms with van der Waals surface area (Å²) >= 11 is 8.35. The number of nitrogens with zero attached hydrogens (tertiary/aromatic N) is 1. The fourth-order valence-electron chi connectivity index (χ4n) is 2.00. The molecule has 0 bridgehead atoms. The molecule has 102 valence electrons. The number of hydrogen-bond donors (Lipinski definition) is 1. The number of amides is 1. The first kappa shape index (κ1) is 16.4. The van der Waals surface area contributed by atoms with E-state index in [0.717, 1.165) is 32.6 Å². The summed E-state index contributed by atoms with van der Waals surface area (Å²) in [5, 5.41) is 0. The van der Waals surface area contributed by atoms with Crippen molar-refractivity contribution >= 4 is 61.5 Å². The second kappa shape index (κ2) is 6.70. The van der Waals surface area contributed by atoms with E-state index >= 15 is 0 Å². The van der Waals surface area contributed by atoms with Crippen LogP contribution in [0.2, 0.25) is 0 Å². The van der Waals surface area contributed by atoms with Crippen molar-refractivity contribution in [3.63, 3.8) is 0 Å². The minimum atomic E-state index is 0. The number of rotatable bonds is 1. The standard InChI is InChI=1S/C11H14Br2N2OS.ClH/c1-6-5-15(3-2-8(6)14)11(16)7-4-9(12)17-10(7)13;/h4,6,8H,2-3,5,14H2,1H3;1H. The number of thiophene rings is 1. The Morgan fingerprint density at radius 3 is 2.72 bits per heavy atom. The first-order valence-corrected chi connectivity index (χ1v) is 7.89. The summed E-state index contributed by atoms with van der Waals surface area (Å²) in [7, 11) is 0. The zero-order chi connectivity index (χ0) is 12.6. The van der Waals surface area contributed by atoms with E-state index in [1.807, 2.05) is 11.0 Å². The Bertz CT molecular complexity index is 441. The van der Waals surface area contributed by atoms with Gasteiger partial charge in [0.05, 0.1) is 13.1 Å². The molecule has 1 aromatic rings. The highest BCUT2D eigenvalue weighted by Gasteiger charge is 2.28. The van der Waals surface area contributed by atoms with E-state index < -0.39 is 0 Å². The summed E-state index contributed by atoms with van der Waals surface area (Å²) in [6.45, 7) is 3.60. The molecule has 1 saturated heterocycles. The van der Waals surface area contributed by atoms with E-state index in [1.54, 1.807) is 0 Å². The SMILES string of the molecule is CC1CN(C(=O)c2cc(Br)sc2Br)CCC1N.Cl. The minimum absolute atomic E-state index is 0. The van der Waals surface area contributed by atoms with Crippen LogP contribution in [0.15, 0.2) is 13.6 Å². The zero-order valence-corrected chi connectivity index (χ0v) is 14.7. The molecule has 0 aromatic carbocycles. The van der Waals surface area contributed by atoms with Gasteiger partial charge < -0.3 is 10.6 Å². The highest BCUT2D eigenvalue weighted by Crippen LogP contribution is 2.33. The number of carbonyl (C=O) groups is 1. The molecule has 2 rings (SSSR count). The molecule has 18 heavy (non-hydrogen) atoms. The van der Waals surface area contributed by atoms with Gasteiger partial charge in [0.25, 0.3) is 5.91 Å². The van der Waals surface area contributed by atoms with E-state index in [1.165, 1.54) is 11.3 Å². The van der Waals surface area contributed by atoms with Gasteiger partial charge in [0.15, 0.2) is 0 Å². The molecule has 0 saturated carbocycles. The Kier molecular flexibility index (Phi) is 6.12. The van der Waals surface area contributed by atoms with E-state index in [9.17, 15) is 4.79 Å². The maximum atomic E-state index is 12.3. The minimum Gasteiger partial charge on any atom is -0.338 e. The van der Waals surface area contributed by atoms with Crippen LogP contribution in [0.3, 0.4) is 0 Å². The summed E-state index contributed by atoms with van der Waals surface area (Å²) in [6.07, 6.45) is 0.885. The summed E-state index contributed by atoms with van der Waals surface area (Å²) in [6, 6.07) is 2.09. The van der Waals surface area contributed by atoms with Crippen molar-refractivity contribution in [2.75, 3.05) is 13.1 Å². The summed E-state index contributed by atoms with van der Waals surface area (Å²) < 4.78 is 1.85. The Balaban J connectivity index is 0.00000162. The highest BCUT2D eigenvalue weighted by molar-refractivity contribution is 9.12. The van der Waals surface area contributed by atoms with E-state index in [4.69, 9.17) is 5.73 Å². The normalized spacial score (nSPS) is 23.7. The Hall–Kier alpha value is 0.380. The fourth-order valence-corrected chi connectivity index (χ4v) is 4.78. The molecule has 1 fully saturated rings. The third kappa shape index (κ3) is 3.48. The molecule has 2 N–H and O–H groups in total. The average Bonchev–Trinajstić information content (AvgIpc) is 2.61. The maximum absolute atomic E-state index is 12.3. The van der Waals surface area contributed by atoms with Gasteiger partial charge in [-0.05, 0) is 50.3 Å². The molecule has 0 aliphatic carbocycles. The van der Waals surface area contributed by atoms with Crippen LogP contribution >= 0.6 is 55.6 Å². The lowest BCUT2D eigenvalue weighted by atomic mass is 9.94. The van der Waals surface area contributed by atoms with Crippen molar-refractivity contribution in [1.82, 2.24) is 4.90 Å².